The summed E-state index contributed by atoms with van der Waals surface area (Å²) in [4.78, 5) is 11.5. The van der Waals surface area contributed by atoms with Gasteiger partial charge in [-0.3, -0.25) is 4.79 Å². The number of amides is 1. The third kappa shape index (κ3) is 2.27. The molecule has 1 heterocycles. The average molecular weight is 213 g/mol. The zero-order chi connectivity index (χ0) is 10.8. The minimum absolute atomic E-state index is 0.0243. The van der Waals surface area contributed by atoms with Crippen molar-refractivity contribution in [2.24, 2.45) is 0 Å². The summed E-state index contributed by atoms with van der Waals surface area (Å²) < 4.78 is 4.76. The van der Waals surface area contributed by atoms with Crippen LogP contribution in [0.1, 0.15) is 24.2 Å². The molecule has 0 atom stereocenters. The normalized spacial score (nSPS) is 10.7. The van der Waals surface area contributed by atoms with E-state index in [1.165, 1.54) is 12.3 Å². The first-order valence-electron chi connectivity index (χ1n) is 3.93. The van der Waals surface area contributed by atoms with Gasteiger partial charge < -0.3 is 9.73 Å². The summed E-state index contributed by atoms with van der Waals surface area (Å²) in [5, 5.41) is 11.2. The highest BCUT2D eigenvalue weighted by atomic mass is 35.5. The zero-order valence-electron chi connectivity index (χ0n) is 7.80. The Bertz CT molecular complexity index is 390. The highest BCUT2D eigenvalue weighted by molar-refractivity contribution is 6.32. The summed E-state index contributed by atoms with van der Waals surface area (Å²) >= 11 is 5.60. The van der Waals surface area contributed by atoms with Crippen molar-refractivity contribution in [1.82, 2.24) is 5.32 Å². The van der Waals surface area contributed by atoms with Crippen molar-refractivity contribution in [3.63, 3.8) is 0 Å². The smallest absolute Gasteiger partial charge is 0.257 e. The van der Waals surface area contributed by atoms with Crippen molar-refractivity contribution in [2.75, 3.05) is 0 Å². The molecule has 0 unspecified atom stereocenters. The summed E-state index contributed by atoms with van der Waals surface area (Å²) in [7, 11) is 0. The molecule has 1 rings (SSSR count). The van der Waals surface area contributed by atoms with Gasteiger partial charge in [-0.1, -0.05) is 0 Å². The van der Waals surface area contributed by atoms with E-state index in [-0.39, 0.29) is 10.8 Å². The fraction of sp³-hybridized carbons (Fsp3) is 0.333. The van der Waals surface area contributed by atoms with Crippen molar-refractivity contribution in [2.45, 2.75) is 19.4 Å². The van der Waals surface area contributed by atoms with Gasteiger partial charge >= 0.3 is 0 Å². The molecule has 0 radical (unpaired) electrons. The van der Waals surface area contributed by atoms with E-state index in [9.17, 15) is 4.79 Å². The fourth-order valence-electron chi connectivity index (χ4n) is 0.835. The van der Waals surface area contributed by atoms with Gasteiger partial charge in [0, 0.05) is 0 Å². The molecule has 0 saturated heterocycles. The highest BCUT2D eigenvalue weighted by Gasteiger charge is 2.22. The quantitative estimate of drug-likeness (QED) is 0.815. The molecule has 0 fully saturated rings. The van der Waals surface area contributed by atoms with Gasteiger partial charge in [-0.05, 0) is 31.5 Å². The van der Waals surface area contributed by atoms with Crippen LogP contribution in [-0.4, -0.2) is 11.4 Å². The lowest BCUT2D eigenvalue weighted by Gasteiger charge is -2.16. The van der Waals surface area contributed by atoms with Crippen LogP contribution in [0, 0.1) is 11.3 Å². The predicted molar refractivity (Wildman–Crippen MR) is 50.9 cm³/mol. The van der Waals surface area contributed by atoms with E-state index < -0.39 is 11.4 Å². The summed E-state index contributed by atoms with van der Waals surface area (Å²) in [6, 6.07) is 3.40. The van der Waals surface area contributed by atoms with Crippen LogP contribution in [0.3, 0.4) is 0 Å². The number of carbonyl (C=O) groups excluding carboxylic acids is 1. The second-order valence-electron chi connectivity index (χ2n) is 3.30. The van der Waals surface area contributed by atoms with Gasteiger partial charge in [-0.15, -0.1) is 0 Å². The molecule has 0 aliphatic rings. The molecule has 0 spiro atoms. The maximum absolute atomic E-state index is 11.5. The second kappa shape index (κ2) is 3.72. The number of carbonyl (C=O) groups is 1. The molecule has 1 aromatic heterocycles. The average Bonchev–Trinajstić information content (AvgIpc) is 2.51. The lowest BCUT2D eigenvalue weighted by molar-refractivity contribution is 0.0929. The molecule has 0 aliphatic heterocycles. The van der Waals surface area contributed by atoms with Gasteiger partial charge in [-0.2, -0.15) is 5.26 Å². The number of nitrogens with zero attached hydrogens (tertiary/aromatic N) is 1. The van der Waals surface area contributed by atoms with Crippen LogP contribution in [0.2, 0.25) is 5.22 Å². The maximum Gasteiger partial charge on any atom is 0.257 e. The van der Waals surface area contributed by atoms with Gasteiger partial charge in [0.2, 0.25) is 5.22 Å². The monoisotopic (exact) mass is 212 g/mol. The van der Waals surface area contributed by atoms with Crippen LogP contribution in [0.25, 0.3) is 0 Å². The van der Waals surface area contributed by atoms with Crippen molar-refractivity contribution in [3.8, 4) is 6.07 Å². The van der Waals surface area contributed by atoms with Gasteiger partial charge in [0.05, 0.1) is 17.9 Å². The standard InChI is InChI=1S/C9H9ClN2O2/c1-9(2,5-11)12-8(13)6-3-4-14-7(6)10/h3-4H,1-2H3,(H,12,13). The van der Waals surface area contributed by atoms with E-state index in [0.29, 0.717) is 0 Å². The van der Waals surface area contributed by atoms with Crippen LogP contribution in [0.5, 0.6) is 0 Å². The summed E-state index contributed by atoms with van der Waals surface area (Å²) in [5.74, 6) is -0.421. The Kier molecular flexibility index (Phi) is 2.82. The first-order valence-corrected chi connectivity index (χ1v) is 4.31. The Labute approximate surface area is 86.5 Å². The number of furan rings is 1. The van der Waals surface area contributed by atoms with Gasteiger partial charge in [0.25, 0.3) is 5.91 Å². The van der Waals surface area contributed by atoms with Crippen LogP contribution in [0.15, 0.2) is 16.7 Å². The third-order valence-electron chi connectivity index (χ3n) is 1.57. The molecule has 74 valence electrons. The predicted octanol–water partition coefficient (Wildman–Crippen LogP) is 1.96. The van der Waals surface area contributed by atoms with Crippen LogP contribution < -0.4 is 5.32 Å². The first-order chi connectivity index (χ1) is 6.46. The summed E-state index contributed by atoms with van der Waals surface area (Å²) in [6.45, 7) is 3.19. The Hall–Kier alpha value is -1.47. The number of hydrogen-bond donors (Lipinski definition) is 1. The van der Waals surface area contributed by atoms with E-state index in [0.717, 1.165) is 0 Å². The Morgan fingerprint density at radius 2 is 2.36 bits per heavy atom. The lowest BCUT2D eigenvalue weighted by atomic mass is 10.1. The topological polar surface area (TPSA) is 66.0 Å². The lowest BCUT2D eigenvalue weighted by Crippen LogP contribution is -2.42. The molecule has 0 saturated carbocycles. The van der Waals surface area contributed by atoms with Gasteiger partial charge in [0.15, 0.2) is 0 Å². The van der Waals surface area contributed by atoms with Crippen LogP contribution in [0.4, 0.5) is 0 Å². The van der Waals surface area contributed by atoms with Crippen molar-refractivity contribution in [3.05, 3.63) is 23.1 Å². The van der Waals surface area contributed by atoms with E-state index in [4.69, 9.17) is 21.3 Å². The molecule has 4 nitrogen and oxygen atoms in total. The molecule has 0 aliphatic carbocycles. The fourth-order valence-corrected chi connectivity index (χ4v) is 1.04. The molecule has 1 amide bonds. The largest absolute Gasteiger partial charge is 0.452 e. The molecule has 1 aromatic rings. The number of hydrogen-bond acceptors (Lipinski definition) is 3. The molecular formula is C9H9ClN2O2. The van der Waals surface area contributed by atoms with Crippen LogP contribution >= 0.6 is 11.6 Å². The molecule has 0 aromatic carbocycles. The minimum atomic E-state index is -0.919. The van der Waals surface area contributed by atoms with Gasteiger partial charge in [-0.25, -0.2) is 0 Å². The Morgan fingerprint density at radius 1 is 1.71 bits per heavy atom. The number of halogens is 1. The maximum atomic E-state index is 11.5. The SMILES string of the molecule is CC(C)(C#N)NC(=O)c1ccoc1Cl. The molecule has 14 heavy (non-hydrogen) atoms. The van der Waals surface area contributed by atoms with E-state index >= 15 is 0 Å². The van der Waals surface area contributed by atoms with Gasteiger partial charge in [0.1, 0.15) is 5.54 Å². The molecule has 1 N–H and O–H groups in total. The highest BCUT2D eigenvalue weighted by Crippen LogP contribution is 2.17. The van der Waals surface area contributed by atoms with Crippen molar-refractivity contribution < 1.29 is 9.21 Å². The zero-order valence-corrected chi connectivity index (χ0v) is 8.55. The summed E-state index contributed by atoms with van der Waals surface area (Å²) in [6.07, 6.45) is 1.32. The molecular weight excluding hydrogens is 204 g/mol. The molecule has 5 heteroatoms. The minimum Gasteiger partial charge on any atom is -0.452 e. The van der Waals surface area contributed by atoms with E-state index in [1.807, 2.05) is 6.07 Å². The number of rotatable bonds is 2. The van der Waals surface area contributed by atoms with Crippen molar-refractivity contribution >= 4 is 17.5 Å². The summed E-state index contributed by atoms with van der Waals surface area (Å²) in [5.41, 5.74) is -0.687. The second-order valence-corrected chi connectivity index (χ2v) is 3.64. The Morgan fingerprint density at radius 3 is 2.79 bits per heavy atom. The number of nitrogens with one attached hydrogen (secondary N) is 1. The molecule has 0 bridgehead atoms. The van der Waals surface area contributed by atoms with E-state index in [1.54, 1.807) is 13.8 Å². The van der Waals surface area contributed by atoms with Crippen molar-refractivity contribution in [1.29, 1.82) is 5.26 Å². The Balaban J connectivity index is 2.80. The van der Waals surface area contributed by atoms with Crippen LogP contribution in [-0.2, 0) is 0 Å². The third-order valence-corrected chi connectivity index (χ3v) is 1.86. The number of nitriles is 1. The first kappa shape index (κ1) is 10.6. The van der Waals surface area contributed by atoms with E-state index in [2.05, 4.69) is 5.32 Å².